The third kappa shape index (κ3) is 4.16. The number of anilines is 1. The van der Waals surface area contributed by atoms with E-state index in [4.69, 9.17) is 4.74 Å². The maximum absolute atomic E-state index is 12.0. The highest BCUT2D eigenvalue weighted by Gasteiger charge is 2.19. The number of amides is 1. The molecule has 0 radical (unpaired) electrons. The van der Waals surface area contributed by atoms with Crippen molar-refractivity contribution in [3.8, 4) is 0 Å². The van der Waals surface area contributed by atoms with Crippen molar-refractivity contribution in [2.24, 2.45) is 0 Å². The predicted molar refractivity (Wildman–Crippen MR) is 83.7 cm³/mol. The van der Waals surface area contributed by atoms with Crippen molar-refractivity contribution >= 4 is 28.9 Å². The van der Waals surface area contributed by atoms with E-state index in [1.165, 1.54) is 11.3 Å². The number of nitrogens with one attached hydrogen (secondary N) is 1. The first-order valence-electron chi connectivity index (χ1n) is 6.60. The fourth-order valence-electron chi connectivity index (χ4n) is 1.70. The molecule has 1 aromatic heterocycles. The first kappa shape index (κ1) is 15.3. The number of aryl methyl sites for hydroxylation is 2. The Morgan fingerprint density at radius 1 is 1.10 bits per heavy atom. The average Bonchev–Trinajstić information content (AvgIpc) is 2.88. The molecule has 0 aliphatic carbocycles. The topological polar surface area (TPSA) is 55.4 Å². The third-order valence-electron chi connectivity index (χ3n) is 2.91. The lowest BCUT2D eigenvalue weighted by Gasteiger charge is -2.13. The summed E-state index contributed by atoms with van der Waals surface area (Å²) in [4.78, 5) is 25.4. The molecule has 0 aliphatic heterocycles. The number of hydrogen-bond donors (Lipinski definition) is 1. The van der Waals surface area contributed by atoms with E-state index >= 15 is 0 Å². The number of ether oxygens (including phenoxy) is 1. The number of rotatable bonds is 4. The summed E-state index contributed by atoms with van der Waals surface area (Å²) in [6.45, 7) is 5.44. The molecule has 0 aliphatic rings. The Labute approximate surface area is 127 Å². The first-order chi connectivity index (χ1) is 9.95. The van der Waals surface area contributed by atoms with Crippen molar-refractivity contribution in [2.75, 3.05) is 5.32 Å². The van der Waals surface area contributed by atoms with Gasteiger partial charge in [0.25, 0.3) is 5.91 Å². The van der Waals surface area contributed by atoms with Gasteiger partial charge in [-0.3, -0.25) is 4.79 Å². The molecular formula is C16H17NO3S. The van der Waals surface area contributed by atoms with Gasteiger partial charge in [-0.2, -0.15) is 0 Å². The smallest absolute Gasteiger partial charge is 0.349 e. The van der Waals surface area contributed by atoms with Crippen LogP contribution in [0.25, 0.3) is 0 Å². The molecule has 4 nitrogen and oxygen atoms in total. The van der Waals surface area contributed by atoms with Crippen molar-refractivity contribution in [2.45, 2.75) is 26.9 Å². The molecule has 5 heteroatoms. The Kier molecular flexibility index (Phi) is 4.75. The largest absolute Gasteiger partial charge is 0.448 e. The second kappa shape index (κ2) is 6.54. The fraction of sp³-hybridized carbons (Fsp3) is 0.250. The number of hydrogen-bond acceptors (Lipinski definition) is 4. The van der Waals surface area contributed by atoms with Crippen LogP contribution in [0, 0.1) is 13.8 Å². The van der Waals surface area contributed by atoms with Gasteiger partial charge in [-0.05, 0) is 45.0 Å². The van der Waals surface area contributed by atoms with Crippen LogP contribution in [-0.4, -0.2) is 18.0 Å². The van der Waals surface area contributed by atoms with Gasteiger partial charge in [0.2, 0.25) is 0 Å². The second-order valence-corrected chi connectivity index (χ2v) is 6.10. The van der Waals surface area contributed by atoms with Crippen molar-refractivity contribution < 1.29 is 14.3 Å². The van der Waals surface area contributed by atoms with Crippen molar-refractivity contribution in [1.82, 2.24) is 0 Å². The lowest BCUT2D eigenvalue weighted by molar-refractivity contribution is -0.123. The zero-order valence-corrected chi connectivity index (χ0v) is 13.0. The standard InChI is InChI=1S/C16H17NO3S/c1-10-4-7-13(8-5-10)17-15(18)12(3)20-16(19)14-9-6-11(2)21-14/h4-9,12H,1-3H3,(H,17,18)/t12-/m1/s1. The molecule has 1 N–H and O–H groups in total. The predicted octanol–water partition coefficient (Wildman–Crippen LogP) is 3.55. The summed E-state index contributed by atoms with van der Waals surface area (Å²) in [7, 11) is 0. The van der Waals surface area contributed by atoms with Crippen LogP contribution >= 0.6 is 11.3 Å². The van der Waals surface area contributed by atoms with Crippen LogP contribution in [0.5, 0.6) is 0 Å². The Bertz CT molecular complexity index is 646. The summed E-state index contributed by atoms with van der Waals surface area (Å²) in [5.74, 6) is -0.819. The molecule has 0 saturated heterocycles. The Morgan fingerprint density at radius 2 is 1.76 bits per heavy atom. The number of esters is 1. The van der Waals surface area contributed by atoms with Gasteiger partial charge in [-0.1, -0.05) is 17.7 Å². The number of thiophene rings is 1. The molecule has 2 rings (SSSR count). The highest BCUT2D eigenvalue weighted by Crippen LogP contribution is 2.17. The molecule has 0 bridgehead atoms. The van der Waals surface area contributed by atoms with E-state index < -0.39 is 12.1 Å². The van der Waals surface area contributed by atoms with Gasteiger partial charge in [-0.15, -0.1) is 11.3 Å². The summed E-state index contributed by atoms with van der Waals surface area (Å²) in [5.41, 5.74) is 1.79. The van der Waals surface area contributed by atoms with Crippen molar-refractivity contribution in [1.29, 1.82) is 0 Å². The van der Waals surface area contributed by atoms with Crippen LogP contribution < -0.4 is 5.32 Å². The Balaban J connectivity index is 1.93. The summed E-state index contributed by atoms with van der Waals surface area (Å²) >= 11 is 1.35. The molecule has 0 saturated carbocycles. The van der Waals surface area contributed by atoms with E-state index in [2.05, 4.69) is 5.32 Å². The third-order valence-corrected chi connectivity index (χ3v) is 3.89. The summed E-state index contributed by atoms with van der Waals surface area (Å²) in [5, 5.41) is 2.72. The van der Waals surface area contributed by atoms with Crippen molar-refractivity contribution in [3.63, 3.8) is 0 Å². The molecule has 1 aromatic carbocycles. The van der Waals surface area contributed by atoms with E-state index in [-0.39, 0.29) is 5.91 Å². The minimum Gasteiger partial charge on any atom is -0.448 e. The molecule has 1 amide bonds. The molecule has 2 aromatic rings. The maximum atomic E-state index is 12.0. The number of benzene rings is 1. The monoisotopic (exact) mass is 303 g/mol. The first-order valence-corrected chi connectivity index (χ1v) is 7.42. The molecule has 0 unspecified atom stereocenters. The van der Waals surface area contributed by atoms with Gasteiger partial charge >= 0.3 is 5.97 Å². The molecule has 110 valence electrons. The average molecular weight is 303 g/mol. The minimum absolute atomic E-state index is 0.347. The SMILES string of the molecule is Cc1ccc(NC(=O)[C@@H](C)OC(=O)c2ccc(C)s2)cc1. The minimum atomic E-state index is -0.846. The number of carbonyl (C=O) groups excluding carboxylic acids is 2. The fourth-order valence-corrected chi connectivity index (χ4v) is 2.45. The van der Waals surface area contributed by atoms with E-state index in [9.17, 15) is 9.59 Å². The zero-order chi connectivity index (χ0) is 15.4. The molecule has 0 fully saturated rings. The molecule has 21 heavy (non-hydrogen) atoms. The maximum Gasteiger partial charge on any atom is 0.349 e. The van der Waals surface area contributed by atoms with Crippen LogP contribution in [0.3, 0.4) is 0 Å². The Hall–Kier alpha value is -2.14. The van der Waals surface area contributed by atoms with Crippen LogP contribution in [0.1, 0.15) is 27.0 Å². The summed E-state index contributed by atoms with van der Waals surface area (Å²) in [6.07, 6.45) is -0.846. The normalized spacial score (nSPS) is 11.8. The Morgan fingerprint density at radius 3 is 2.33 bits per heavy atom. The summed E-state index contributed by atoms with van der Waals surface area (Å²) < 4.78 is 5.17. The van der Waals surface area contributed by atoms with Crippen LogP contribution in [-0.2, 0) is 9.53 Å². The van der Waals surface area contributed by atoms with E-state index in [1.807, 2.05) is 44.2 Å². The van der Waals surface area contributed by atoms with Crippen LogP contribution in [0.4, 0.5) is 5.69 Å². The van der Waals surface area contributed by atoms with Gasteiger partial charge in [0.15, 0.2) is 6.10 Å². The summed E-state index contributed by atoms with van der Waals surface area (Å²) in [6, 6.07) is 11.0. The van der Waals surface area contributed by atoms with E-state index in [1.54, 1.807) is 13.0 Å². The quantitative estimate of drug-likeness (QED) is 0.879. The van der Waals surface area contributed by atoms with E-state index in [0.29, 0.717) is 10.6 Å². The molecule has 1 heterocycles. The highest BCUT2D eigenvalue weighted by molar-refractivity contribution is 7.13. The van der Waals surface area contributed by atoms with Gasteiger partial charge < -0.3 is 10.1 Å². The zero-order valence-electron chi connectivity index (χ0n) is 12.2. The molecule has 0 spiro atoms. The lowest BCUT2D eigenvalue weighted by atomic mass is 10.2. The van der Waals surface area contributed by atoms with Crippen LogP contribution in [0.2, 0.25) is 0 Å². The van der Waals surface area contributed by atoms with Crippen LogP contribution in [0.15, 0.2) is 36.4 Å². The van der Waals surface area contributed by atoms with E-state index in [0.717, 1.165) is 10.4 Å². The molecule has 1 atom stereocenters. The van der Waals surface area contributed by atoms with Gasteiger partial charge in [0.05, 0.1) is 0 Å². The van der Waals surface area contributed by atoms with Crippen molar-refractivity contribution in [3.05, 3.63) is 51.7 Å². The lowest BCUT2D eigenvalue weighted by Crippen LogP contribution is -2.29. The van der Waals surface area contributed by atoms with Gasteiger partial charge in [0.1, 0.15) is 4.88 Å². The molecular weight excluding hydrogens is 286 g/mol. The van der Waals surface area contributed by atoms with Gasteiger partial charge in [-0.25, -0.2) is 4.79 Å². The highest BCUT2D eigenvalue weighted by atomic mass is 32.1. The second-order valence-electron chi connectivity index (χ2n) is 4.81. The van der Waals surface area contributed by atoms with Gasteiger partial charge in [0, 0.05) is 10.6 Å². The number of carbonyl (C=O) groups is 2.